The van der Waals surface area contributed by atoms with Gasteiger partial charge in [0.15, 0.2) is 0 Å². The van der Waals surface area contributed by atoms with Gasteiger partial charge in [-0.05, 0) is 67.8 Å². The third kappa shape index (κ3) is 3.82. The fraction of sp³-hybridized carbons (Fsp3) is 0.600. The molecule has 4 aliphatic carbocycles. The summed E-state index contributed by atoms with van der Waals surface area (Å²) in [5.74, 6) is 1.82. The second kappa shape index (κ2) is 6.94. The lowest BCUT2D eigenvalue weighted by molar-refractivity contribution is -0.384. The van der Waals surface area contributed by atoms with Gasteiger partial charge in [0, 0.05) is 24.2 Å². The van der Waals surface area contributed by atoms with Crippen molar-refractivity contribution in [1.82, 2.24) is 10.6 Å². The summed E-state index contributed by atoms with van der Waals surface area (Å²) in [4.78, 5) is 34.6. The van der Waals surface area contributed by atoms with Gasteiger partial charge in [-0.2, -0.15) is 0 Å². The first-order chi connectivity index (χ1) is 12.9. The lowest BCUT2D eigenvalue weighted by atomic mass is 9.49. The Morgan fingerprint density at radius 3 is 2.30 bits per heavy atom. The average Bonchev–Trinajstić information content (AvgIpc) is 2.63. The van der Waals surface area contributed by atoms with Crippen LogP contribution in [0.1, 0.15) is 48.9 Å². The van der Waals surface area contributed by atoms with Crippen LogP contribution in [0.4, 0.5) is 5.69 Å². The Hall–Kier alpha value is -2.44. The maximum Gasteiger partial charge on any atom is 0.270 e. The molecule has 1 aromatic rings. The Kier molecular flexibility index (Phi) is 4.61. The molecule has 0 heterocycles. The SMILES string of the molecule is O=C(CNC(=O)c1cccc([N+](=O)[O-])c1)NCC12CC3CC(CC(C3)C1)C2. The predicted octanol–water partition coefficient (Wildman–Crippen LogP) is 2.66. The third-order valence-corrected chi connectivity index (χ3v) is 6.55. The van der Waals surface area contributed by atoms with Crippen molar-refractivity contribution in [3.05, 3.63) is 39.9 Å². The van der Waals surface area contributed by atoms with Crippen LogP contribution in [0.3, 0.4) is 0 Å². The highest BCUT2D eigenvalue weighted by molar-refractivity contribution is 5.96. The maximum absolute atomic E-state index is 12.2. The molecule has 2 amide bonds. The molecule has 5 rings (SSSR count). The minimum absolute atomic E-state index is 0.117. The lowest BCUT2D eigenvalue weighted by Gasteiger charge is -2.56. The molecule has 27 heavy (non-hydrogen) atoms. The van der Waals surface area contributed by atoms with Crippen LogP contribution in [-0.4, -0.2) is 29.8 Å². The number of carbonyl (C=O) groups is 2. The topological polar surface area (TPSA) is 101 Å². The Balaban J connectivity index is 1.27. The second-order valence-electron chi connectivity index (χ2n) is 8.68. The normalized spacial score (nSPS) is 30.7. The minimum Gasteiger partial charge on any atom is -0.354 e. The molecule has 7 heteroatoms. The number of nitrogens with zero attached hydrogens (tertiary/aromatic N) is 1. The highest BCUT2D eigenvalue weighted by atomic mass is 16.6. The molecule has 7 nitrogen and oxygen atoms in total. The summed E-state index contributed by atoms with van der Waals surface area (Å²) in [6, 6.07) is 5.49. The number of benzene rings is 1. The Morgan fingerprint density at radius 2 is 1.70 bits per heavy atom. The van der Waals surface area contributed by atoms with Gasteiger partial charge in [-0.25, -0.2) is 0 Å². The summed E-state index contributed by atoms with van der Waals surface area (Å²) in [7, 11) is 0. The van der Waals surface area contributed by atoms with E-state index in [0.717, 1.165) is 17.8 Å². The van der Waals surface area contributed by atoms with E-state index in [4.69, 9.17) is 0 Å². The van der Waals surface area contributed by atoms with Crippen molar-refractivity contribution < 1.29 is 14.5 Å². The van der Waals surface area contributed by atoms with E-state index >= 15 is 0 Å². The number of hydrogen-bond donors (Lipinski definition) is 2. The molecule has 0 aliphatic heterocycles. The van der Waals surface area contributed by atoms with Crippen molar-refractivity contribution >= 4 is 17.5 Å². The first-order valence-electron chi connectivity index (χ1n) is 9.72. The molecular weight excluding hydrogens is 346 g/mol. The second-order valence-corrected chi connectivity index (χ2v) is 8.68. The number of amides is 2. The van der Waals surface area contributed by atoms with Gasteiger partial charge in [-0.15, -0.1) is 0 Å². The molecule has 0 atom stereocenters. The highest BCUT2D eigenvalue weighted by Gasteiger charge is 2.50. The standard InChI is InChI=1S/C20H25N3O4/c24-18(11-21-19(25)16-2-1-3-17(7-16)23(26)27)22-12-20-8-13-4-14(9-20)6-15(5-13)10-20/h1-3,7,13-15H,4-6,8-12H2,(H,21,25)(H,22,24). The van der Waals surface area contributed by atoms with Gasteiger partial charge < -0.3 is 10.6 Å². The lowest BCUT2D eigenvalue weighted by Crippen LogP contribution is -2.52. The van der Waals surface area contributed by atoms with Crippen molar-refractivity contribution in [1.29, 1.82) is 0 Å². The first-order valence-corrected chi connectivity index (χ1v) is 9.72. The smallest absolute Gasteiger partial charge is 0.270 e. The molecule has 0 unspecified atom stereocenters. The monoisotopic (exact) mass is 371 g/mol. The fourth-order valence-corrected chi connectivity index (χ4v) is 5.88. The van der Waals surface area contributed by atoms with Gasteiger partial charge in [0.05, 0.1) is 11.5 Å². The molecule has 4 aliphatic rings. The van der Waals surface area contributed by atoms with Crippen LogP contribution in [0.15, 0.2) is 24.3 Å². The van der Waals surface area contributed by atoms with Gasteiger partial charge in [-0.1, -0.05) is 6.07 Å². The van der Waals surface area contributed by atoms with Gasteiger partial charge in [0.25, 0.3) is 11.6 Å². The Morgan fingerprint density at radius 1 is 1.07 bits per heavy atom. The largest absolute Gasteiger partial charge is 0.354 e. The van der Waals surface area contributed by atoms with E-state index in [2.05, 4.69) is 10.6 Å². The van der Waals surface area contributed by atoms with E-state index in [1.165, 1.54) is 62.8 Å². The molecule has 0 aromatic heterocycles. The number of rotatable bonds is 6. The molecule has 0 saturated heterocycles. The highest BCUT2D eigenvalue weighted by Crippen LogP contribution is 2.59. The predicted molar refractivity (Wildman–Crippen MR) is 99.0 cm³/mol. The first kappa shape index (κ1) is 17.9. The van der Waals surface area contributed by atoms with E-state index < -0.39 is 10.8 Å². The molecule has 4 fully saturated rings. The zero-order chi connectivity index (χ0) is 19.0. The molecule has 2 N–H and O–H groups in total. The Bertz CT molecular complexity index is 741. The van der Waals surface area contributed by atoms with Crippen LogP contribution in [0.25, 0.3) is 0 Å². The van der Waals surface area contributed by atoms with E-state index in [-0.39, 0.29) is 29.1 Å². The van der Waals surface area contributed by atoms with Gasteiger partial charge >= 0.3 is 0 Å². The molecule has 0 spiro atoms. The van der Waals surface area contributed by atoms with Crippen molar-refractivity contribution in [3.8, 4) is 0 Å². The van der Waals surface area contributed by atoms with Gasteiger partial charge in [0.2, 0.25) is 5.91 Å². The van der Waals surface area contributed by atoms with Crippen LogP contribution in [0, 0.1) is 33.3 Å². The number of carbonyl (C=O) groups excluding carboxylic acids is 2. The number of non-ortho nitro benzene ring substituents is 1. The van der Waals surface area contributed by atoms with Crippen molar-refractivity contribution in [3.63, 3.8) is 0 Å². The fourth-order valence-electron chi connectivity index (χ4n) is 5.88. The summed E-state index contributed by atoms with van der Waals surface area (Å²) in [6.07, 6.45) is 7.77. The van der Waals surface area contributed by atoms with Gasteiger partial charge in [0.1, 0.15) is 0 Å². The molecule has 144 valence electrons. The molecule has 4 saturated carbocycles. The van der Waals surface area contributed by atoms with E-state index in [9.17, 15) is 19.7 Å². The van der Waals surface area contributed by atoms with Crippen molar-refractivity contribution in [2.75, 3.05) is 13.1 Å². The van der Waals surface area contributed by atoms with Crippen molar-refractivity contribution in [2.24, 2.45) is 23.2 Å². The van der Waals surface area contributed by atoms with E-state index in [1.54, 1.807) is 0 Å². The molecular formula is C20H25N3O4. The van der Waals surface area contributed by atoms with Crippen LogP contribution in [0.5, 0.6) is 0 Å². The van der Waals surface area contributed by atoms with E-state index in [1.807, 2.05) is 0 Å². The maximum atomic E-state index is 12.2. The van der Waals surface area contributed by atoms with Gasteiger partial charge in [-0.3, -0.25) is 19.7 Å². The minimum atomic E-state index is -0.547. The van der Waals surface area contributed by atoms with Crippen LogP contribution in [0.2, 0.25) is 0 Å². The molecule has 4 bridgehead atoms. The number of nitro groups is 1. The summed E-state index contributed by atoms with van der Waals surface area (Å²) >= 11 is 0. The number of nitrogens with one attached hydrogen (secondary N) is 2. The third-order valence-electron chi connectivity index (χ3n) is 6.55. The zero-order valence-corrected chi connectivity index (χ0v) is 15.3. The van der Waals surface area contributed by atoms with Crippen molar-refractivity contribution in [2.45, 2.75) is 38.5 Å². The van der Waals surface area contributed by atoms with Crippen LogP contribution in [-0.2, 0) is 4.79 Å². The quantitative estimate of drug-likeness (QED) is 0.593. The Labute approximate surface area is 158 Å². The molecule has 1 aromatic carbocycles. The average molecular weight is 371 g/mol. The zero-order valence-electron chi connectivity index (χ0n) is 15.3. The van der Waals surface area contributed by atoms with E-state index in [0.29, 0.717) is 6.54 Å². The van der Waals surface area contributed by atoms with Crippen LogP contribution >= 0.6 is 0 Å². The number of hydrogen-bond acceptors (Lipinski definition) is 4. The summed E-state index contributed by atoms with van der Waals surface area (Å²) in [5.41, 5.74) is 0.293. The van der Waals surface area contributed by atoms with Crippen LogP contribution < -0.4 is 10.6 Å². The summed E-state index contributed by atoms with van der Waals surface area (Å²) in [5, 5.41) is 16.4. The summed E-state index contributed by atoms with van der Waals surface area (Å²) < 4.78 is 0. The molecule has 0 radical (unpaired) electrons. The number of nitro benzene ring substituents is 1. The summed E-state index contributed by atoms with van der Waals surface area (Å²) in [6.45, 7) is 0.579.